The molecule has 128 valence electrons. The Morgan fingerprint density at radius 1 is 1.33 bits per heavy atom. The van der Waals surface area contributed by atoms with Crippen molar-refractivity contribution in [1.29, 1.82) is 0 Å². The lowest BCUT2D eigenvalue weighted by molar-refractivity contribution is -0.145. The van der Waals surface area contributed by atoms with E-state index in [1.54, 1.807) is 12.0 Å². The third-order valence-corrected chi connectivity index (χ3v) is 4.66. The van der Waals surface area contributed by atoms with Gasteiger partial charge >= 0.3 is 5.97 Å². The molecule has 1 aromatic carbocycles. The number of rotatable bonds is 5. The summed E-state index contributed by atoms with van der Waals surface area (Å²) in [6.45, 7) is 1.53. The molecule has 1 fully saturated rings. The summed E-state index contributed by atoms with van der Waals surface area (Å²) in [5, 5.41) is 10.2. The number of aliphatic carboxylic acids is 1. The predicted molar refractivity (Wildman–Crippen MR) is 90.0 cm³/mol. The first kappa shape index (κ1) is 16.4. The van der Waals surface area contributed by atoms with Crippen LogP contribution in [0.3, 0.4) is 0 Å². The highest BCUT2D eigenvalue weighted by atomic mass is 16.5. The van der Waals surface area contributed by atoms with Gasteiger partial charge in [0.25, 0.3) is 0 Å². The zero-order valence-corrected chi connectivity index (χ0v) is 13.8. The molecule has 2 aromatic rings. The zero-order valence-electron chi connectivity index (χ0n) is 13.8. The maximum absolute atomic E-state index is 12.4. The van der Waals surface area contributed by atoms with Gasteiger partial charge < -0.3 is 19.3 Å². The number of carboxylic acids is 1. The average molecular weight is 330 g/mol. The van der Waals surface area contributed by atoms with Crippen LogP contribution in [0, 0.1) is 5.92 Å². The number of hydrogen-bond donors (Lipinski definition) is 1. The van der Waals surface area contributed by atoms with E-state index in [0.717, 1.165) is 23.1 Å². The minimum absolute atomic E-state index is 0.0118. The minimum Gasteiger partial charge on any atom is -0.495 e. The second-order valence-electron chi connectivity index (χ2n) is 6.17. The lowest BCUT2D eigenvalue weighted by atomic mass is 9.98. The van der Waals surface area contributed by atoms with Crippen LogP contribution in [0.15, 0.2) is 30.5 Å². The summed E-state index contributed by atoms with van der Waals surface area (Å²) in [7, 11) is 1.64. The van der Waals surface area contributed by atoms with Crippen LogP contribution in [0.25, 0.3) is 10.9 Å². The smallest absolute Gasteiger partial charge is 0.308 e. The number of piperidine rings is 1. The molecule has 2 heterocycles. The van der Waals surface area contributed by atoms with Gasteiger partial charge in [0.2, 0.25) is 5.91 Å². The average Bonchev–Trinajstić information content (AvgIpc) is 3.03. The van der Waals surface area contributed by atoms with Gasteiger partial charge in [-0.1, -0.05) is 12.1 Å². The van der Waals surface area contributed by atoms with E-state index >= 15 is 0 Å². The summed E-state index contributed by atoms with van der Waals surface area (Å²) in [6.07, 6.45) is 3.71. The minimum atomic E-state index is -0.811. The van der Waals surface area contributed by atoms with Crippen LogP contribution in [0.2, 0.25) is 0 Å². The van der Waals surface area contributed by atoms with Crippen LogP contribution in [-0.2, 0) is 16.1 Å². The highest BCUT2D eigenvalue weighted by Gasteiger charge is 2.27. The molecule has 0 aliphatic carbocycles. The number of carboxylic acid groups (broad SMARTS) is 1. The molecule has 24 heavy (non-hydrogen) atoms. The van der Waals surface area contributed by atoms with Crippen molar-refractivity contribution in [2.45, 2.75) is 25.8 Å². The quantitative estimate of drug-likeness (QED) is 0.913. The van der Waals surface area contributed by atoms with Crippen molar-refractivity contribution < 1.29 is 19.4 Å². The topological polar surface area (TPSA) is 71.8 Å². The van der Waals surface area contributed by atoms with Crippen molar-refractivity contribution >= 4 is 22.8 Å². The van der Waals surface area contributed by atoms with Gasteiger partial charge in [0.05, 0.1) is 18.5 Å². The standard InChI is InChI=1S/C18H22N2O4/c1-24-15-6-2-4-13-7-10-19(17(13)15)11-8-16(21)20-9-3-5-14(12-20)18(22)23/h2,4,6-7,10,14H,3,5,8-9,11-12H2,1H3,(H,22,23)/t14-/m1/s1. The number of para-hydroxylation sites is 1. The molecule has 6 heteroatoms. The number of carbonyl (C=O) groups excluding carboxylic acids is 1. The predicted octanol–water partition coefficient (Wildman–Crippen LogP) is 2.36. The molecule has 1 aromatic heterocycles. The Hall–Kier alpha value is -2.50. The number of carbonyl (C=O) groups is 2. The lowest BCUT2D eigenvalue weighted by Gasteiger charge is -2.30. The molecule has 1 atom stereocenters. The number of fused-ring (bicyclic) bond motifs is 1. The maximum Gasteiger partial charge on any atom is 0.308 e. The summed E-state index contributed by atoms with van der Waals surface area (Å²) in [4.78, 5) is 25.3. The number of amides is 1. The van der Waals surface area contributed by atoms with Gasteiger partial charge in [0.15, 0.2) is 0 Å². The van der Waals surface area contributed by atoms with E-state index in [-0.39, 0.29) is 5.91 Å². The number of aromatic nitrogens is 1. The lowest BCUT2D eigenvalue weighted by Crippen LogP contribution is -2.42. The van der Waals surface area contributed by atoms with Crippen molar-refractivity contribution in [2.75, 3.05) is 20.2 Å². The van der Waals surface area contributed by atoms with Gasteiger partial charge in [0.1, 0.15) is 5.75 Å². The second kappa shape index (κ2) is 6.95. The van der Waals surface area contributed by atoms with E-state index in [4.69, 9.17) is 9.84 Å². The Morgan fingerprint density at radius 2 is 2.17 bits per heavy atom. The van der Waals surface area contributed by atoms with Gasteiger partial charge in [-0.3, -0.25) is 9.59 Å². The van der Waals surface area contributed by atoms with Crippen molar-refractivity contribution in [3.05, 3.63) is 30.5 Å². The van der Waals surface area contributed by atoms with Gasteiger partial charge in [-0.15, -0.1) is 0 Å². The molecule has 1 aliphatic rings. The number of nitrogens with zero attached hydrogens (tertiary/aromatic N) is 2. The highest BCUT2D eigenvalue weighted by Crippen LogP contribution is 2.26. The molecule has 6 nitrogen and oxygen atoms in total. The summed E-state index contributed by atoms with van der Waals surface area (Å²) in [5.74, 6) is -0.449. The number of benzene rings is 1. The Balaban J connectivity index is 1.67. The molecule has 3 rings (SSSR count). The Morgan fingerprint density at radius 3 is 2.92 bits per heavy atom. The molecule has 1 amide bonds. The summed E-state index contributed by atoms with van der Waals surface area (Å²) in [6, 6.07) is 7.86. The zero-order chi connectivity index (χ0) is 17.1. The van der Waals surface area contributed by atoms with Crippen LogP contribution in [0.4, 0.5) is 0 Å². The maximum atomic E-state index is 12.4. The first-order valence-corrected chi connectivity index (χ1v) is 8.22. The van der Waals surface area contributed by atoms with Gasteiger partial charge in [-0.25, -0.2) is 0 Å². The Bertz CT molecular complexity index is 753. The summed E-state index contributed by atoms with van der Waals surface area (Å²) >= 11 is 0. The molecular formula is C18H22N2O4. The molecule has 0 spiro atoms. The van der Waals surface area contributed by atoms with E-state index < -0.39 is 11.9 Å². The van der Waals surface area contributed by atoms with E-state index in [9.17, 15) is 9.59 Å². The summed E-state index contributed by atoms with van der Waals surface area (Å²) in [5.41, 5.74) is 0.981. The Labute approximate surface area is 140 Å². The third-order valence-electron chi connectivity index (χ3n) is 4.66. The Kier molecular flexibility index (Phi) is 4.74. The first-order chi connectivity index (χ1) is 11.6. The monoisotopic (exact) mass is 330 g/mol. The molecule has 0 saturated carbocycles. The number of likely N-dealkylation sites (tertiary alicyclic amines) is 1. The van der Waals surface area contributed by atoms with Gasteiger partial charge in [0, 0.05) is 37.6 Å². The number of ether oxygens (including phenoxy) is 1. The van der Waals surface area contributed by atoms with E-state index in [0.29, 0.717) is 32.5 Å². The van der Waals surface area contributed by atoms with Crippen LogP contribution in [0.1, 0.15) is 19.3 Å². The molecule has 1 aliphatic heterocycles. The normalized spacial score (nSPS) is 17.9. The molecular weight excluding hydrogens is 308 g/mol. The highest BCUT2D eigenvalue weighted by molar-refractivity contribution is 5.86. The third kappa shape index (κ3) is 3.22. The molecule has 0 radical (unpaired) electrons. The molecule has 1 saturated heterocycles. The van der Waals surface area contributed by atoms with Gasteiger partial charge in [-0.2, -0.15) is 0 Å². The fourth-order valence-electron chi connectivity index (χ4n) is 3.36. The van der Waals surface area contributed by atoms with Crippen LogP contribution < -0.4 is 4.74 Å². The fourth-order valence-corrected chi connectivity index (χ4v) is 3.36. The van der Waals surface area contributed by atoms with E-state index in [1.807, 2.05) is 35.0 Å². The van der Waals surface area contributed by atoms with E-state index in [1.165, 1.54) is 0 Å². The molecule has 0 bridgehead atoms. The number of aryl methyl sites for hydroxylation is 1. The first-order valence-electron chi connectivity index (χ1n) is 8.22. The van der Waals surface area contributed by atoms with Crippen molar-refractivity contribution in [1.82, 2.24) is 9.47 Å². The van der Waals surface area contributed by atoms with Crippen molar-refractivity contribution in [3.8, 4) is 5.75 Å². The SMILES string of the molecule is COc1cccc2ccn(CCC(=O)N3CCC[C@@H](C(=O)O)C3)c12. The van der Waals surface area contributed by atoms with Gasteiger partial charge in [-0.05, 0) is 25.0 Å². The van der Waals surface area contributed by atoms with Crippen LogP contribution in [-0.4, -0.2) is 46.6 Å². The van der Waals surface area contributed by atoms with Crippen LogP contribution in [0.5, 0.6) is 5.75 Å². The fraction of sp³-hybridized carbons (Fsp3) is 0.444. The van der Waals surface area contributed by atoms with E-state index in [2.05, 4.69) is 0 Å². The number of hydrogen-bond acceptors (Lipinski definition) is 3. The molecule has 0 unspecified atom stereocenters. The van der Waals surface area contributed by atoms with Crippen molar-refractivity contribution in [2.24, 2.45) is 5.92 Å². The second-order valence-corrected chi connectivity index (χ2v) is 6.17. The largest absolute Gasteiger partial charge is 0.495 e. The van der Waals surface area contributed by atoms with Crippen molar-refractivity contribution in [3.63, 3.8) is 0 Å². The summed E-state index contributed by atoms with van der Waals surface area (Å²) < 4.78 is 7.43. The van der Waals surface area contributed by atoms with Crippen LogP contribution >= 0.6 is 0 Å². The number of methoxy groups -OCH3 is 1. The molecule has 1 N–H and O–H groups in total.